The largest absolute Gasteiger partial charge is 1.00 e. The first-order valence-corrected chi connectivity index (χ1v) is 14.3. The van der Waals surface area contributed by atoms with Gasteiger partial charge in [-0.15, -0.1) is 0 Å². The van der Waals surface area contributed by atoms with Crippen LogP contribution >= 0.6 is 0 Å². The molecular weight excluding hydrogens is 491 g/mol. The number of aliphatic hydroxyl groups is 2. The summed E-state index contributed by atoms with van der Waals surface area (Å²) in [6.07, 6.45) is 5.92. The van der Waals surface area contributed by atoms with Crippen molar-refractivity contribution < 1.29 is 59.2 Å². The van der Waals surface area contributed by atoms with Crippen molar-refractivity contribution in [2.45, 2.75) is 118 Å². The molecule has 0 bridgehead atoms. The Bertz CT molecular complexity index is 1000. The van der Waals surface area contributed by atoms with Gasteiger partial charge in [0.05, 0.1) is 18.2 Å². The number of hydrogen-bond acceptors (Lipinski definition) is 6. The summed E-state index contributed by atoms with van der Waals surface area (Å²) in [7, 11) is 0. The quantitative estimate of drug-likeness (QED) is 0.237. The van der Waals surface area contributed by atoms with Crippen molar-refractivity contribution in [1.29, 1.82) is 0 Å². The Balaban J connectivity index is 0.00000400. The minimum absolute atomic E-state index is 0. The maximum Gasteiger partial charge on any atom is 1.00 e. The maximum absolute atomic E-state index is 12.5. The van der Waals surface area contributed by atoms with Crippen molar-refractivity contribution in [2.24, 2.45) is 39.9 Å². The van der Waals surface area contributed by atoms with Crippen molar-refractivity contribution in [1.82, 2.24) is 0 Å². The van der Waals surface area contributed by atoms with Crippen LogP contribution in [0, 0.1) is 39.9 Å². The molecule has 0 aromatic carbocycles. The molecule has 4 rings (SSSR count). The summed E-state index contributed by atoms with van der Waals surface area (Å²) in [6.45, 7) is 14.4. The normalized spacial score (nSPS) is 45.0. The number of carbonyl (C=O) groups excluding carboxylic acids is 2. The van der Waals surface area contributed by atoms with Crippen molar-refractivity contribution in [3.05, 3.63) is 22.8 Å². The predicted octanol–water partition coefficient (Wildman–Crippen LogP) is 1.34. The smallest absolute Gasteiger partial charge is 0.545 e. The molecule has 0 aromatic rings. The van der Waals surface area contributed by atoms with E-state index in [-0.39, 0.29) is 75.2 Å². The van der Waals surface area contributed by atoms with Crippen LogP contribution in [-0.4, -0.2) is 40.5 Å². The second-order valence-corrected chi connectivity index (χ2v) is 13.6. The Labute approximate surface area is 251 Å². The molecule has 2 N–H and O–H groups in total. The van der Waals surface area contributed by atoms with Gasteiger partial charge in [-0.1, -0.05) is 39.3 Å². The first-order chi connectivity index (χ1) is 17.2. The molecule has 0 aromatic heterocycles. The molecule has 10 atom stereocenters. The van der Waals surface area contributed by atoms with Crippen LogP contribution in [-0.2, 0) is 14.3 Å². The number of fused-ring (bicyclic) bond motifs is 5. The molecular formula is C31H47NaO6. The summed E-state index contributed by atoms with van der Waals surface area (Å²) in [5.74, 6) is -1.25. The van der Waals surface area contributed by atoms with Crippen LogP contribution in [0.1, 0.15) is 99.8 Å². The molecule has 0 aliphatic heterocycles. The van der Waals surface area contributed by atoms with Gasteiger partial charge in [-0.25, -0.2) is 0 Å². The van der Waals surface area contributed by atoms with Crippen LogP contribution in [0.4, 0.5) is 0 Å². The Morgan fingerprint density at radius 2 is 1.71 bits per heavy atom. The zero-order chi connectivity index (χ0) is 27.5. The fourth-order valence-corrected chi connectivity index (χ4v) is 9.78. The summed E-state index contributed by atoms with van der Waals surface area (Å²) < 4.78 is 5.84. The number of carboxylic acids is 1. The molecule has 4 aliphatic carbocycles. The first-order valence-electron chi connectivity index (χ1n) is 14.3. The molecule has 208 valence electrons. The average Bonchev–Trinajstić information content (AvgIpc) is 3.05. The maximum atomic E-state index is 12.5. The van der Waals surface area contributed by atoms with E-state index in [0.717, 1.165) is 31.3 Å². The van der Waals surface area contributed by atoms with Crippen LogP contribution in [0.2, 0.25) is 0 Å². The molecule has 4 fully saturated rings. The Morgan fingerprint density at radius 3 is 2.29 bits per heavy atom. The van der Waals surface area contributed by atoms with E-state index in [1.807, 2.05) is 19.9 Å². The number of aliphatic hydroxyl groups excluding tert-OH is 2. The number of ether oxygens (including phenoxy) is 1. The summed E-state index contributed by atoms with van der Waals surface area (Å²) in [5.41, 5.74) is 1.31. The Kier molecular flexibility index (Phi) is 9.49. The van der Waals surface area contributed by atoms with Crippen molar-refractivity contribution in [2.75, 3.05) is 0 Å². The van der Waals surface area contributed by atoms with Gasteiger partial charge in [0.1, 0.15) is 6.10 Å². The van der Waals surface area contributed by atoms with Gasteiger partial charge in [-0.05, 0) is 116 Å². The van der Waals surface area contributed by atoms with Gasteiger partial charge in [-0.2, -0.15) is 0 Å². The third-order valence-corrected chi connectivity index (χ3v) is 11.6. The average molecular weight is 539 g/mol. The number of hydrogen-bond donors (Lipinski definition) is 2. The van der Waals surface area contributed by atoms with E-state index in [0.29, 0.717) is 37.2 Å². The number of esters is 1. The number of carboxylic acid groups (broad SMARTS) is 1. The molecule has 0 spiro atoms. The van der Waals surface area contributed by atoms with Crippen LogP contribution < -0.4 is 34.7 Å². The van der Waals surface area contributed by atoms with E-state index in [9.17, 15) is 24.9 Å². The van der Waals surface area contributed by atoms with Gasteiger partial charge >= 0.3 is 35.5 Å². The topological polar surface area (TPSA) is 107 Å². The molecule has 0 radical (unpaired) electrons. The van der Waals surface area contributed by atoms with E-state index < -0.39 is 24.1 Å². The molecule has 0 amide bonds. The van der Waals surface area contributed by atoms with Gasteiger partial charge in [0.2, 0.25) is 0 Å². The van der Waals surface area contributed by atoms with Crippen molar-refractivity contribution in [3.63, 3.8) is 0 Å². The molecule has 1 unspecified atom stereocenters. The Morgan fingerprint density at radius 1 is 1.05 bits per heavy atom. The van der Waals surface area contributed by atoms with Gasteiger partial charge in [0.25, 0.3) is 0 Å². The van der Waals surface area contributed by atoms with E-state index >= 15 is 0 Å². The second kappa shape index (κ2) is 11.3. The standard InChI is InChI=1S/C31H48O6.Na/c1-17(2)9-8-10-20(28(35)36)26-22-15-24(34)27-29(5)13-12-23(33)18(3)21(29)11-14-30(27,6)31(22,7)16-25(26)37-19(4)32;/h9,18,21-25,27,33-34H,8,10-16H2,1-7H3,(H,35,36);/q;+1/p-1/b26-20+;/t18-,21?,22+,23+,24+,25-,27+,29-,30-,31-;/m0./s1. The molecule has 6 nitrogen and oxygen atoms in total. The van der Waals surface area contributed by atoms with Gasteiger partial charge < -0.3 is 24.9 Å². The molecule has 38 heavy (non-hydrogen) atoms. The zero-order valence-electron chi connectivity index (χ0n) is 24.8. The predicted molar refractivity (Wildman–Crippen MR) is 140 cm³/mol. The number of allylic oxidation sites excluding steroid dienone is 2. The fraction of sp³-hybridized carbons (Fsp3) is 0.806. The Hall–Kier alpha value is -0.660. The summed E-state index contributed by atoms with van der Waals surface area (Å²) in [4.78, 5) is 24.7. The van der Waals surface area contributed by atoms with Gasteiger partial charge in [0, 0.05) is 6.92 Å². The molecule has 7 heteroatoms. The third kappa shape index (κ3) is 5.00. The molecule has 0 saturated heterocycles. The van der Waals surface area contributed by atoms with Crippen LogP contribution in [0.15, 0.2) is 22.8 Å². The van der Waals surface area contributed by atoms with E-state index in [2.05, 4.69) is 27.7 Å². The summed E-state index contributed by atoms with van der Waals surface area (Å²) in [6, 6.07) is 0. The van der Waals surface area contributed by atoms with Crippen LogP contribution in [0.25, 0.3) is 0 Å². The molecule has 4 saturated carbocycles. The van der Waals surface area contributed by atoms with Crippen LogP contribution in [0.5, 0.6) is 0 Å². The third-order valence-electron chi connectivity index (χ3n) is 11.6. The summed E-state index contributed by atoms with van der Waals surface area (Å²) >= 11 is 0. The number of carbonyl (C=O) groups is 2. The van der Waals surface area contributed by atoms with Gasteiger partial charge in [0.15, 0.2) is 0 Å². The molecule has 0 heterocycles. The molecule has 4 aliphatic rings. The van der Waals surface area contributed by atoms with Crippen molar-refractivity contribution >= 4 is 11.9 Å². The van der Waals surface area contributed by atoms with Gasteiger partial charge in [-0.3, -0.25) is 4.79 Å². The van der Waals surface area contributed by atoms with Crippen molar-refractivity contribution in [3.8, 4) is 0 Å². The summed E-state index contributed by atoms with van der Waals surface area (Å²) in [5, 5.41) is 35.0. The fourth-order valence-electron chi connectivity index (χ4n) is 9.78. The monoisotopic (exact) mass is 538 g/mol. The SMILES string of the molecule is CC(=O)O[C@H]1C[C@@]2(C)[C@H](C[C@@H](O)[C@@H]3[C@@]4(C)CC[C@@H](O)[C@@H](C)C4CC[C@@]32C)/C1=C(/CCC=C(C)C)C(=O)[O-].[Na+]. The van der Waals surface area contributed by atoms with E-state index in [4.69, 9.17) is 4.74 Å². The van der Waals surface area contributed by atoms with Crippen LogP contribution in [0.3, 0.4) is 0 Å². The zero-order valence-corrected chi connectivity index (χ0v) is 26.8. The first kappa shape index (κ1) is 31.9. The number of rotatable bonds is 5. The van der Waals surface area contributed by atoms with E-state index in [1.54, 1.807) is 0 Å². The number of aliphatic carboxylic acids is 1. The minimum atomic E-state index is -1.20. The second-order valence-electron chi connectivity index (χ2n) is 13.6. The minimum Gasteiger partial charge on any atom is -0.545 e. The van der Waals surface area contributed by atoms with E-state index in [1.165, 1.54) is 6.92 Å².